The smallest absolute Gasteiger partial charge is 0.0603 e. The molecule has 0 aliphatic carbocycles. The van der Waals surface area contributed by atoms with Gasteiger partial charge in [0.25, 0.3) is 0 Å². The van der Waals surface area contributed by atoms with Gasteiger partial charge in [0.1, 0.15) is 0 Å². The van der Waals surface area contributed by atoms with Crippen LogP contribution in [0.3, 0.4) is 0 Å². The van der Waals surface area contributed by atoms with Crippen molar-refractivity contribution in [2.24, 2.45) is 5.41 Å². The van der Waals surface area contributed by atoms with E-state index in [9.17, 15) is 5.11 Å². The first-order chi connectivity index (χ1) is 9.45. The zero-order chi connectivity index (χ0) is 14.6. The van der Waals surface area contributed by atoms with Crippen LogP contribution >= 0.6 is 0 Å². The Morgan fingerprint density at radius 2 is 2.00 bits per heavy atom. The largest absolute Gasteiger partial charge is 0.393 e. The minimum Gasteiger partial charge on any atom is -0.393 e. The summed E-state index contributed by atoms with van der Waals surface area (Å²) < 4.78 is 0. The van der Waals surface area contributed by atoms with Crippen molar-refractivity contribution in [1.82, 2.24) is 10.2 Å². The third-order valence-electron chi connectivity index (χ3n) is 4.10. The fraction of sp³-hybridized carbons (Fsp3) is 0.647. The molecule has 0 saturated carbocycles. The fourth-order valence-corrected chi connectivity index (χ4v) is 2.66. The summed E-state index contributed by atoms with van der Waals surface area (Å²) in [5, 5.41) is 13.8. The molecule has 1 heterocycles. The molecule has 0 aromatic heterocycles. The third-order valence-corrected chi connectivity index (χ3v) is 4.10. The van der Waals surface area contributed by atoms with Gasteiger partial charge in [-0.05, 0) is 17.4 Å². The number of benzene rings is 1. The van der Waals surface area contributed by atoms with Gasteiger partial charge in [0, 0.05) is 32.2 Å². The molecule has 2 N–H and O–H groups in total. The topological polar surface area (TPSA) is 35.5 Å². The Bertz CT molecular complexity index is 399. The van der Waals surface area contributed by atoms with Crippen LogP contribution in [-0.4, -0.2) is 41.8 Å². The number of nitrogens with zero attached hydrogens (tertiary/aromatic N) is 1. The van der Waals surface area contributed by atoms with Crippen LogP contribution in [0.4, 0.5) is 0 Å². The van der Waals surface area contributed by atoms with Gasteiger partial charge in [0.15, 0.2) is 0 Å². The van der Waals surface area contributed by atoms with Crippen molar-refractivity contribution >= 4 is 0 Å². The van der Waals surface area contributed by atoms with Gasteiger partial charge in [-0.2, -0.15) is 0 Å². The minimum atomic E-state index is -0.253. The Balaban J connectivity index is 1.86. The Hall–Kier alpha value is -0.900. The summed E-state index contributed by atoms with van der Waals surface area (Å²) in [4.78, 5) is 2.48. The second kappa shape index (κ2) is 6.70. The lowest BCUT2D eigenvalue weighted by Crippen LogP contribution is -2.52. The van der Waals surface area contributed by atoms with Crippen molar-refractivity contribution < 1.29 is 5.11 Å². The molecule has 1 aliphatic heterocycles. The van der Waals surface area contributed by atoms with Crippen LogP contribution < -0.4 is 5.32 Å². The minimum absolute atomic E-state index is 0.0383. The van der Waals surface area contributed by atoms with Gasteiger partial charge in [-0.25, -0.2) is 0 Å². The van der Waals surface area contributed by atoms with Gasteiger partial charge in [-0.1, -0.05) is 51.1 Å². The van der Waals surface area contributed by atoms with Crippen LogP contribution in [0.2, 0.25) is 0 Å². The van der Waals surface area contributed by atoms with E-state index >= 15 is 0 Å². The molecule has 2 rings (SSSR count). The van der Waals surface area contributed by atoms with Crippen molar-refractivity contribution in [3.63, 3.8) is 0 Å². The van der Waals surface area contributed by atoms with E-state index in [2.05, 4.69) is 61.3 Å². The summed E-state index contributed by atoms with van der Waals surface area (Å²) in [7, 11) is 0. The Morgan fingerprint density at radius 1 is 1.30 bits per heavy atom. The standard InChI is InChI=1S/C17H28N2O/c1-17(2,3)16(20)11-15-13-19(10-9-18-15)12-14-7-5-4-6-8-14/h4-8,15-16,18,20H,9-13H2,1-3H3/t15?,16-/m0/s1. The molecule has 1 fully saturated rings. The van der Waals surface area contributed by atoms with Crippen molar-refractivity contribution in [3.05, 3.63) is 35.9 Å². The number of nitrogens with one attached hydrogen (secondary N) is 1. The molecule has 1 unspecified atom stereocenters. The molecule has 0 amide bonds. The third kappa shape index (κ3) is 4.58. The highest BCUT2D eigenvalue weighted by atomic mass is 16.3. The van der Waals surface area contributed by atoms with E-state index in [1.807, 2.05) is 0 Å². The van der Waals surface area contributed by atoms with Gasteiger partial charge in [0.2, 0.25) is 0 Å². The number of hydrogen-bond donors (Lipinski definition) is 2. The zero-order valence-electron chi connectivity index (χ0n) is 13.0. The van der Waals surface area contributed by atoms with E-state index in [4.69, 9.17) is 0 Å². The molecule has 1 aromatic carbocycles. The monoisotopic (exact) mass is 276 g/mol. The van der Waals surface area contributed by atoms with E-state index in [1.54, 1.807) is 0 Å². The summed E-state index contributed by atoms with van der Waals surface area (Å²) in [6, 6.07) is 11.0. The predicted molar refractivity (Wildman–Crippen MR) is 83.6 cm³/mol. The maximum atomic E-state index is 10.3. The quantitative estimate of drug-likeness (QED) is 0.885. The highest BCUT2D eigenvalue weighted by Gasteiger charge is 2.28. The van der Waals surface area contributed by atoms with Crippen LogP contribution in [0.5, 0.6) is 0 Å². The van der Waals surface area contributed by atoms with E-state index in [0.29, 0.717) is 6.04 Å². The lowest BCUT2D eigenvalue weighted by molar-refractivity contribution is 0.0365. The van der Waals surface area contributed by atoms with Crippen molar-refractivity contribution in [2.45, 2.75) is 45.9 Å². The van der Waals surface area contributed by atoms with Crippen LogP contribution in [0, 0.1) is 5.41 Å². The summed E-state index contributed by atoms with van der Waals surface area (Å²) in [5.74, 6) is 0. The van der Waals surface area contributed by atoms with Crippen molar-refractivity contribution in [3.8, 4) is 0 Å². The summed E-state index contributed by atoms with van der Waals surface area (Å²) in [5.41, 5.74) is 1.33. The van der Waals surface area contributed by atoms with E-state index in [0.717, 1.165) is 32.6 Å². The van der Waals surface area contributed by atoms with Gasteiger partial charge in [-0.15, -0.1) is 0 Å². The normalized spacial score (nSPS) is 22.7. The Labute approximate surface area is 123 Å². The van der Waals surface area contributed by atoms with E-state index in [-0.39, 0.29) is 11.5 Å². The van der Waals surface area contributed by atoms with Gasteiger partial charge < -0.3 is 10.4 Å². The first kappa shape index (κ1) is 15.5. The summed E-state index contributed by atoms with van der Waals surface area (Å²) >= 11 is 0. The molecule has 1 aromatic rings. The molecule has 2 atom stereocenters. The number of aliphatic hydroxyl groups is 1. The molecule has 0 radical (unpaired) electrons. The maximum Gasteiger partial charge on any atom is 0.0603 e. The number of aliphatic hydroxyl groups excluding tert-OH is 1. The lowest BCUT2D eigenvalue weighted by atomic mass is 9.85. The van der Waals surface area contributed by atoms with Crippen LogP contribution in [0.1, 0.15) is 32.8 Å². The van der Waals surface area contributed by atoms with Gasteiger partial charge in [0.05, 0.1) is 6.10 Å². The summed E-state index contributed by atoms with van der Waals surface area (Å²) in [6.45, 7) is 10.4. The maximum absolute atomic E-state index is 10.3. The molecule has 112 valence electrons. The van der Waals surface area contributed by atoms with Gasteiger partial charge in [-0.3, -0.25) is 4.90 Å². The van der Waals surface area contributed by atoms with Crippen molar-refractivity contribution in [1.29, 1.82) is 0 Å². The second-order valence-electron chi connectivity index (χ2n) is 6.99. The highest BCUT2D eigenvalue weighted by molar-refractivity contribution is 5.14. The zero-order valence-corrected chi connectivity index (χ0v) is 13.0. The van der Waals surface area contributed by atoms with Gasteiger partial charge >= 0.3 is 0 Å². The predicted octanol–water partition coefficient (Wildman–Crippen LogP) is 2.26. The first-order valence-corrected chi connectivity index (χ1v) is 7.63. The average Bonchev–Trinajstić information content (AvgIpc) is 2.39. The highest BCUT2D eigenvalue weighted by Crippen LogP contribution is 2.23. The Morgan fingerprint density at radius 3 is 2.65 bits per heavy atom. The van der Waals surface area contributed by atoms with Crippen LogP contribution in [-0.2, 0) is 6.54 Å². The first-order valence-electron chi connectivity index (χ1n) is 7.63. The van der Waals surface area contributed by atoms with Crippen LogP contribution in [0.25, 0.3) is 0 Å². The SMILES string of the molecule is CC(C)(C)[C@@H](O)CC1CN(Cc2ccccc2)CCN1. The summed E-state index contributed by atoms with van der Waals surface area (Å²) in [6.07, 6.45) is 0.575. The Kier molecular flexibility index (Phi) is 5.19. The molecule has 0 bridgehead atoms. The average molecular weight is 276 g/mol. The lowest BCUT2D eigenvalue weighted by Gasteiger charge is -2.37. The molecule has 20 heavy (non-hydrogen) atoms. The fourth-order valence-electron chi connectivity index (χ4n) is 2.66. The molecule has 0 spiro atoms. The van der Waals surface area contributed by atoms with Crippen molar-refractivity contribution in [2.75, 3.05) is 19.6 Å². The van der Waals surface area contributed by atoms with Crippen LogP contribution in [0.15, 0.2) is 30.3 Å². The molecule has 3 heteroatoms. The second-order valence-corrected chi connectivity index (χ2v) is 6.99. The molecule has 3 nitrogen and oxygen atoms in total. The van der Waals surface area contributed by atoms with E-state index in [1.165, 1.54) is 5.56 Å². The molecule has 1 aliphatic rings. The molecule has 1 saturated heterocycles. The molecular weight excluding hydrogens is 248 g/mol. The number of rotatable bonds is 4. The van der Waals surface area contributed by atoms with E-state index < -0.39 is 0 Å². The number of piperazine rings is 1. The number of hydrogen-bond acceptors (Lipinski definition) is 3. The molecular formula is C17H28N2O.